The summed E-state index contributed by atoms with van der Waals surface area (Å²) in [6.07, 6.45) is 72.8. The van der Waals surface area contributed by atoms with Gasteiger partial charge in [0.1, 0.15) is 0 Å². The van der Waals surface area contributed by atoms with Crippen LogP contribution in [0, 0.1) is 0 Å². The number of carbonyl (C=O) groups excluding carboxylic acids is 2. The van der Waals surface area contributed by atoms with Crippen molar-refractivity contribution in [1.29, 1.82) is 0 Å². The summed E-state index contributed by atoms with van der Waals surface area (Å²) in [5.41, 5.74) is 0. The second-order valence-corrected chi connectivity index (χ2v) is 20.3. The van der Waals surface area contributed by atoms with Crippen LogP contribution in [0.2, 0.25) is 0 Å². The molecule has 0 aromatic heterocycles. The minimum atomic E-state index is -0.860. The normalized spacial score (nSPS) is 12.9. The molecule has 0 radical (unpaired) electrons. The van der Waals surface area contributed by atoms with E-state index >= 15 is 0 Å². The van der Waals surface area contributed by atoms with E-state index < -0.39 is 12.1 Å². The molecular weight excluding hydrogens is 839 g/mol. The first-order chi connectivity index (χ1) is 33.5. The van der Waals surface area contributed by atoms with Gasteiger partial charge in [0, 0.05) is 12.8 Å². The van der Waals surface area contributed by atoms with Gasteiger partial charge in [0.05, 0.1) is 25.4 Å². The van der Waals surface area contributed by atoms with Crippen LogP contribution in [0.3, 0.4) is 0 Å². The molecule has 0 saturated carbocycles. The highest BCUT2D eigenvalue weighted by atomic mass is 16.5. The van der Waals surface area contributed by atoms with Gasteiger partial charge in [-0.05, 0) is 89.9 Å². The number of esters is 1. The van der Waals surface area contributed by atoms with E-state index in [1.165, 1.54) is 205 Å². The number of rotatable bonds is 55. The summed E-state index contributed by atoms with van der Waals surface area (Å²) in [5, 5.41) is 23.1. The number of unbranched alkanes of at least 4 members (excludes halogenated alkanes) is 39. The maximum Gasteiger partial charge on any atom is 0.305 e. The molecule has 0 aliphatic rings. The summed E-state index contributed by atoms with van der Waals surface area (Å²) >= 11 is 0. The molecule has 0 heterocycles. The zero-order valence-corrected chi connectivity index (χ0v) is 45.3. The van der Waals surface area contributed by atoms with Gasteiger partial charge in [0.25, 0.3) is 0 Å². The van der Waals surface area contributed by atoms with Gasteiger partial charge in [0.15, 0.2) is 0 Å². The van der Waals surface area contributed by atoms with E-state index in [0.29, 0.717) is 19.4 Å². The van der Waals surface area contributed by atoms with E-state index in [9.17, 15) is 19.8 Å². The van der Waals surface area contributed by atoms with Crippen LogP contribution in [-0.2, 0) is 14.3 Å². The number of amides is 1. The number of nitrogens with one attached hydrogen (secondary N) is 1. The first kappa shape index (κ1) is 65.8. The highest BCUT2D eigenvalue weighted by Crippen LogP contribution is 2.16. The van der Waals surface area contributed by atoms with Gasteiger partial charge in [-0.15, -0.1) is 0 Å². The summed E-state index contributed by atoms with van der Waals surface area (Å²) in [7, 11) is 0. The fourth-order valence-electron chi connectivity index (χ4n) is 8.97. The van der Waals surface area contributed by atoms with Crippen LogP contribution >= 0.6 is 0 Å². The Labute approximate surface area is 423 Å². The summed E-state index contributed by atoms with van der Waals surface area (Å²) in [6, 6.07) is -0.646. The van der Waals surface area contributed by atoms with Crippen LogP contribution in [0.15, 0.2) is 48.6 Å². The van der Waals surface area contributed by atoms with Crippen LogP contribution in [0.25, 0.3) is 0 Å². The average Bonchev–Trinajstić information content (AvgIpc) is 3.34. The minimum absolute atomic E-state index is 0.0259. The zero-order valence-electron chi connectivity index (χ0n) is 45.3. The third-order valence-electron chi connectivity index (χ3n) is 13.6. The topological polar surface area (TPSA) is 95.9 Å². The molecule has 0 bridgehead atoms. The molecule has 398 valence electrons. The van der Waals surface area contributed by atoms with Gasteiger partial charge in [0.2, 0.25) is 5.91 Å². The molecule has 3 N–H and O–H groups in total. The molecule has 0 aromatic rings. The van der Waals surface area contributed by atoms with E-state index in [1.54, 1.807) is 6.08 Å². The van der Waals surface area contributed by atoms with Crippen LogP contribution in [0.1, 0.15) is 309 Å². The van der Waals surface area contributed by atoms with Gasteiger partial charge in [-0.1, -0.05) is 255 Å². The van der Waals surface area contributed by atoms with Crippen molar-refractivity contribution in [3.63, 3.8) is 0 Å². The summed E-state index contributed by atoms with van der Waals surface area (Å²) in [6.45, 7) is 4.85. The molecule has 6 nitrogen and oxygen atoms in total. The first-order valence-electron chi connectivity index (χ1n) is 29.9. The molecular formula is C62H115NO5. The Kier molecular flexibility index (Phi) is 55.6. The molecule has 0 aromatic carbocycles. The second-order valence-electron chi connectivity index (χ2n) is 20.3. The van der Waals surface area contributed by atoms with E-state index in [1.807, 2.05) is 6.08 Å². The quantitative estimate of drug-likeness (QED) is 0.0244. The molecule has 6 heteroatoms. The third-order valence-corrected chi connectivity index (χ3v) is 13.6. The van der Waals surface area contributed by atoms with Gasteiger partial charge >= 0.3 is 5.97 Å². The largest absolute Gasteiger partial charge is 0.466 e. The Morgan fingerprint density at radius 2 is 0.735 bits per heavy atom. The number of hydrogen-bond acceptors (Lipinski definition) is 5. The zero-order chi connectivity index (χ0) is 49.3. The van der Waals surface area contributed by atoms with Gasteiger partial charge in [-0.2, -0.15) is 0 Å². The van der Waals surface area contributed by atoms with Crippen molar-refractivity contribution in [2.24, 2.45) is 0 Å². The lowest BCUT2D eigenvalue weighted by atomic mass is 10.0. The number of aliphatic hydroxyl groups is 2. The molecule has 2 unspecified atom stereocenters. The number of hydrogen-bond donors (Lipinski definition) is 3. The minimum Gasteiger partial charge on any atom is -0.466 e. The number of carbonyl (C=O) groups is 2. The van der Waals surface area contributed by atoms with Crippen molar-refractivity contribution in [2.75, 3.05) is 13.2 Å². The van der Waals surface area contributed by atoms with Crippen LogP contribution in [-0.4, -0.2) is 47.4 Å². The smallest absolute Gasteiger partial charge is 0.305 e. The van der Waals surface area contributed by atoms with Gasteiger partial charge in [-0.25, -0.2) is 0 Å². The lowest BCUT2D eigenvalue weighted by Gasteiger charge is -2.20. The summed E-state index contributed by atoms with van der Waals surface area (Å²) < 4.78 is 5.46. The fraction of sp³-hybridized carbons (Fsp3) is 0.839. The summed E-state index contributed by atoms with van der Waals surface area (Å²) in [5.74, 6) is -0.116. The Bertz CT molecular complexity index is 1150. The van der Waals surface area contributed by atoms with Crippen LogP contribution < -0.4 is 5.32 Å². The first-order valence-corrected chi connectivity index (χ1v) is 29.9. The number of allylic oxidation sites excluding steroid dienone is 7. The van der Waals surface area contributed by atoms with Crippen molar-refractivity contribution < 1.29 is 24.5 Å². The van der Waals surface area contributed by atoms with E-state index in [0.717, 1.165) is 77.0 Å². The standard InChI is InChI=1S/C62H115NO5/c1-3-5-7-9-11-13-15-17-19-21-23-26-30-34-38-42-46-50-54-60(65)59(58-64)63-61(66)55-51-47-43-39-35-31-27-25-29-33-37-41-45-49-53-57-68-62(67)56-52-48-44-40-36-32-28-24-22-20-18-16-14-12-10-8-6-4-2/h20,22,25,29,33,37,50,54,59-60,64-65H,3-19,21,23-24,26-28,30-32,34-36,38-49,51-53,55-58H2,1-2H3,(H,63,66)/b22-20-,29-25-,37-33-,54-50+. The molecule has 0 aliphatic carbocycles. The molecule has 0 rings (SSSR count). The van der Waals surface area contributed by atoms with Crippen molar-refractivity contribution in [3.05, 3.63) is 48.6 Å². The molecule has 0 fully saturated rings. The van der Waals surface area contributed by atoms with Gasteiger partial charge in [-0.3, -0.25) is 9.59 Å². The Morgan fingerprint density at radius 3 is 1.13 bits per heavy atom. The lowest BCUT2D eigenvalue weighted by molar-refractivity contribution is -0.143. The van der Waals surface area contributed by atoms with Crippen LogP contribution in [0.5, 0.6) is 0 Å². The van der Waals surface area contributed by atoms with Crippen molar-refractivity contribution in [1.82, 2.24) is 5.32 Å². The van der Waals surface area contributed by atoms with Crippen molar-refractivity contribution in [3.8, 4) is 0 Å². The van der Waals surface area contributed by atoms with E-state index in [2.05, 4.69) is 55.6 Å². The van der Waals surface area contributed by atoms with Crippen LogP contribution in [0.4, 0.5) is 0 Å². The molecule has 1 amide bonds. The maximum absolute atomic E-state index is 12.5. The SMILES string of the molecule is CCCCCCCCC/C=C\CCCCCCCCCC(=O)OCCCCC/C=C\C=C/CCCCCCCCC(=O)NC(CO)C(O)/C=C/CCCCCCCCCCCCCCCCCC. The molecule has 0 spiro atoms. The molecule has 0 saturated heterocycles. The summed E-state index contributed by atoms with van der Waals surface area (Å²) in [4.78, 5) is 24.5. The third kappa shape index (κ3) is 53.2. The van der Waals surface area contributed by atoms with Crippen molar-refractivity contribution >= 4 is 11.9 Å². The Hall–Kier alpha value is -2.18. The fourth-order valence-corrected chi connectivity index (χ4v) is 8.97. The molecule has 0 aliphatic heterocycles. The van der Waals surface area contributed by atoms with E-state index in [4.69, 9.17) is 4.74 Å². The van der Waals surface area contributed by atoms with Crippen molar-refractivity contribution in [2.45, 2.75) is 321 Å². The number of aliphatic hydroxyl groups excluding tert-OH is 2. The van der Waals surface area contributed by atoms with E-state index in [-0.39, 0.29) is 18.5 Å². The predicted molar refractivity (Wildman–Crippen MR) is 296 cm³/mol. The predicted octanol–water partition coefficient (Wildman–Crippen LogP) is 18.6. The lowest BCUT2D eigenvalue weighted by Crippen LogP contribution is -2.45. The monoisotopic (exact) mass is 954 g/mol. The Morgan fingerprint density at radius 1 is 0.412 bits per heavy atom. The highest BCUT2D eigenvalue weighted by Gasteiger charge is 2.18. The maximum atomic E-state index is 12.5. The average molecular weight is 955 g/mol. The Balaban J connectivity index is 3.54. The highest BCUT2D eigenvalue weighted by molar-refractivity contribution is 5.76. The van der Waals surface area contributed by atoms with Gasteiger partial charge < -0.3 is 20.3 Å². The second kappa shape index (κ2) is 57.4. The molecule has 2 atom stereocenters. The molecule has 68 heavy (non-hydrogen) atoms. The number of ether oxygens (including phenoxy) is 1.